The van der Waals surface area contributed by atoms with Gasteiger partial charge in [0, 0.05) is 43.3 Å². The minimum Gasteiger partial charge on any atom is -0.372 e. The first-order chi connectivity index (χ1) is 14.0. The zero-order valence-corrected chi connectivity index (χ0v) is 17.5. The van der Waals surface area contributed by atoms with E-state index in [-0.39, 0.29) is 24.4 Å². The Morgan fingerprint density at radius 2 is 1.83 bits per heavy atom. The van der Waals surface area contributed by atoms with Crippen molar-refractivity contribution in [1.82, 2.24) is 20.3 Å². The molecule has 0 spiro atoms. The molecular formula is C22H31N5O2. The number of benzene rings is 1. The van der Waals surface area contributed by atoms with Crippen LogP contribution >= 0.6 is 0 Å². The molecule has 3 rings (SSSR count). The maximum atomic E-state index is 12.4. The number of nitrogens with zero attached hydrogens (tertiary/aromatic N) is 3. The maximum Gasteiger partial charge on any atom is 0.269 e. The number of rotatable bonds is 7. The Hall–Kier alpha value is -2.80. The van der Waals surface area contributed by atoms with E-state index in [0.29, 0.717) is 5.56 Å². The predicted molar refractivity (Wildman–Crippen MR) is 115 cm³/mol. The summed E-state index contributed by atoms with van der Waals surface area (Å²) in [6, 6.07) is 11.8. The standard InChI is InChI=1S/C22H31N5O2/c1-4-26(5-2)18-12-10-17(11-13-18)22(29)24-23-21(28)16-27-15-7-9-20(27)19-8-6-14-25(19)3/h6,8,10-14,20H,4-5,7,9,15-16H2,1-3H3,(H,23,28)(H,24,29)/t20-/m0/s1. The van der Waals surface area contributed by atoms with Crippen LogP contribution in [-0.4, -0.2) is 47.5 Å². The molecule has 1 aliphatic heterocycles. The quantitative estimate of drug-likeness (QED) is 0.705. The van der Waals surface area contributed by atoms with Gasteiger partial charge in [-0.25, -0.2) is 0 Å². The summed E-state index contributed by atoms with van der Waals surface area (Å²) < 4.78 is 2.10. The molecule has 2 amide bonds. The summed E-state index contributed by atoms with van der Waals surface area (Å²) >= 11 is 0. The molecule has 1 fully saturated rings. The molecule has 2 aromatic rings. The number of aryl methyl sites for hydroxylation is 1. The molecule has 1 aromatic heterocycles. The summed E-state index contributed by atoms with van der Waals surface area (Å²) in [6.45, 7) is 7.17. The molecule has 2 heterocycles. The first kappa shape index (κ1) is 20.9. The molecule has 0 saturated carbocycles. The van der Waals surface area contributed by atoms with E-state index in [9.17, 15) is 9.59 Å². The lowest BCUT2D eigenvalue weighted by molar-refractivity contribution is -0.123. The fraction of sp³-hybridized carbons (Fsp3) is 0.455. The van der Waals surface area contributed by atoms with Gasteiger partial charge in [-0.2, -0.15) is 0 Å². The third kappa shape index (κ3) is 4.98. The monoisotopic (exact) mass is 397 g/mol. The maximum absolute atomic E-state index is 12.4. The van der Waals surface area contributed by atoms with E-state index in [4.69, 9.17) is 0 Å². The highest BCUT2D eigenvalue weighted by molar-refractivity contribution is 5.95. The number of amides is 2. The van der Waals surface area contributed by atoms with Gasteiger partial charge in [0.05, 0.1) is 12.6 Å². The smallest absolute Gasteiger partial charge is 0.269 e. The second-order valence-electron chi connectivity index (χ2n) is 7.39. The molecule has 0 unspecified atom stereocenters. The summed E-state index contributed by atoms with van der Waals surface area (Å²) in [7, 11) is 2.03. The van der Waals surface area contributed by atoms with E-state index in [1.165, 1.54) is 5.69 Å². The Labute approximate surface area is 172 Å². The number of carbonyl (C=O) groups is 2. The number of carbonyl (C=O) groups excluding carboxylic acids is 2. The van der Waals surface area contributed by atoms with Crippen molar-refractivity contribution in [3.05, 3.63) is 53.9 Å². The van der Waals surface area contributed by atoms with Crippen molar-refractivity contribution in [2.75, 3.05) is 31.1 Å². The van der Waals surface area contributed by atoms with E-state index < -0.39 is 0 Å². The molecule has 0 bridgehead atoms. The topological polar surface area (TPSA) is 69.6 Å². The molecule has 1 aromatic carbocycles. The van der Waals surface area contributed by atoms with Crippen molar-refractivity contribution in [1.29, 1.82) is 0 Å². The van der Waals surface area contributed by atoms with Gasteiger partial charge in [-0.3, -0.25) is 25.3 Å². The number of aromatic nitrogens is 1. The Morgan fingerprint density at radius 1 is 1.10 bits per heavy atom. The fourth-order valence-corrected chi connectivity index (χ4v) is 4.01. The van der Waals surface area contributed by atoms with Crippen LogP contribution < -0.4 is 15.8 Å². The van der Waals surface area contributed by atoms with Crippen LogP contribution in [0.2, 0.25) is 0 Å². The fourth-order valence-electron chi connectivity index (χ4n) is 4.01. The normalized spacial score (nSPS) is 16.6. The Bertz CT molecular complexity index is 826. The zero-order valence-electron chi connectivity index (χ0n) is 17.5. The van der Waals surface area contributed by atoms with Gasteiger partial charge < -0.3 is 9.47 Å². The van der Waals surface area contributed by atoms with Gasteiger partial charge in [0.1, 0.15) is 0 Å². The first-order valence-corrected chi connectivity index (χ1v) is 10.3. The van der Waals surface area contributed by atoms with Crippen LogP contribution in [0.1, 0.15) is 48.8 Å². The van der Waals surface area contributed by atoms with Crippen molar-refractivity contribution in [2.24, 2.45) is 7.05 Å². The van der Waals surface area contributed by atoms with Crippen molar-refractivity contribution < 1.29 is 9.59 Å². The zero-order chi connectivity index (χ0) is 20.8. The molecular weight excluding hydrogens is 366 g/mol. The van der Waals surface area contributed by atoms with E-state index in [1.807, 2.05) is 31.4 Å². The van der Waals surface area contributed by atoms with Gasteiger partial charge >= 0.3 is 0 Å². The average Bonchev–Trinajstić information content (AvgIpc) is 3.36. The highest BCUT2D eigenvalue weighted by atomic mass is 16.2. The summed E-state index contributed by atoms with van der Waals surface area (Å²) in [5.41, 5.74) is 7.89. The number of hydrogen-bond donors (Lipinski definition) is 2. The third-order valence-electron chi connectivity index (χ3n) is 5.61. The lowest BCUT2D eigenvalue weighted by Crippen LogP contribution is -2.46. The summed E-state index contributed by atoms with van der Waals surface area (Å²) in [4.78, 5) is 29.1. The molecule has 2 N–H and O–H groups in total. The van der Waals surface area contributed by atoms with Gasteiger partial charge in [0.25, 0.3) is 11.8 Å². The molecule has 1 saturated heterocycles. The van der Waals surface area contributed by atoms with Crippen LogP contribution in [0.15, 0.2) is 42.6 Å². The lowest BCUT2D eigenvalue weighted by Gasteiger charge is -2.24. The number of likely N-dealkylation sites (tertiary alicyclic amines) is 1. The molecule has 0 radical (unpaired) electrons. The van der Waals surface area contributed by atoms with Gasteiger partial charge in [0.15, 0.2) is 0 Å². The van der Waals surface area contributed by atoms with Gasteiger partial charge in [0.2, 0.25) is 0 Å². The molecule has 0 aliphatic carbocycles. The van der Waals surface area contributed by atoms with E-state index in [1.54, 1.807) is 12.1 Å². The number of hydrazine groups is 1. The Balaban J connectivity index is 1.51. The second kappa shape index (κ2) is 9.60. The largest absolute Gasteiger partial charge is 0.372 e. The van der Waals surface area contributed by atoms with Crippen molar-refractivity contribution in [3.8, 4) is 0 Å². The number of nitrogens with one attached hydrogen (secondary N) is 2. The summed E-state index contributed by atoms with van der Waals surface area (Å²) in [6.07, 6.45) is 4.13. The third-order valence-corrected chi connectivity index (χ3v) is 5.61. The van der Waals surface area contributed by atoms with Crippen LogP contribution in [0, 0.1) is 0 Å². The summed E-state index contributed by atoms with van der Waals surface area (Å²) in [5.74, 6) is -0.524. The highest BCUT2D eigenvalue weighted by Crippen LogP contribution is 2.31. The lowest BCUT2D eigenvalue weighted by atomic mass is 10.1. The van der Waals surface area contributed by atoms with Crippen molar-refractivity contribution in [3.63, 3.8) is 0 Å². The Kier molecular flexibility index (Phi) is 6.93. The minimum atomic E-state index is -0.315. The highest BCUT2D eigenvalue weighted by Gasteiger charge is 2.29. The van der Waals surface area contributed by atoms with Crippen LogP contribution in [0.3, 0.4) is 0 Å². The number of anilines is 1. The molecule has 7 nitrogen and oxygen atoms in total. The average molecular weight is 398 g/mol. The van der Waals surface area contributed by atoms with E-state index in [0.717, 1.165) is 38.2 Å². The van der Waals surface area contributed by atoms with Crippen LogP contribution in [0.25, 0.3) is 0 Å². The molecule has 7 heteroatoms. The minimum absolute atomic E-state index is 0.209. The molecule has 1 aliphatic rings. The molecule has 156 valence electrons. The van der Waals surface area contributed by atoms with Gasteiger partial charge in [-0.1, -0.05) is 0 Å². The van der Waals surface area contributed by atoms with Crippen LogP contribution in [0.5, 0.6) is 0 Å². The summed E-state index contributed by atoms with van der Waals surface area (Å²) in [5, 5.41) is 0. The van der Waals surface area contributed by atoms with E-state index >= 15 is 0 Å². The van der Waals surface area contributed by atoms with Gasteiger partial charge in [-0.05, 0) is 69.6 Å². The predicted octanol–water partition coefficient (Wildman–Crippen LogP) is 2.47. The Morgan fingerprint density at radius 3 is 2.45 bits per heavy atom. The first-order valence-electron chi connectivity index (χ1n) is 10.3. The van der Waals surface area contributed by atoms with Gasteiger partial charge in [-0.15, -0.1) is 0 Å². The second-order valence-corrected chi connectivity index (χ2v) is 7.39. The van der Waals surface area contributed by atoms with Crippen LogP contribution in [0.4, 0.5) is 5.69 Å². The van der Waals surface area contributed by atoms with Crippen molar-refractivity contribution >= 4 is 17.5 Å². The van der Waals surface area contributed by atoms with E-state index in [2.05, 4.69) is 45.1 Å². The van der Waals surface area contributed by atoms with Crippen molar-refractivity contribution in [2.45, 2.75) is 32.7 Å². The SMILES string of the molecule is CCN(CC)c1ccc(C(=O)NNC(=O)CN2CCC[C@H]2c2cccn2C)cc1. The molecule has 1 atom stereocenters. The number of hydrogen-bond acceptors (Lipinski definition) is 4. The van der Waals surface area contributed by atoms with Crippen LogP contribution in [-0.2, 0) is 11.8 Å². The molecule has 29 heavy (non-hydrogen) atoms.